The lowest BCUT2D eigenvalue weighted by molar-refractivity contribution is 0.410. The van der Waals surface area contributed by atoms with E-state index in [4.69, 9.17) is 9.16 Å². The molecule has 0 unspecified atom stereocenters. The summed E-state index contributed by atoms with van der Waals surface area (Å²) in [6.07, 6.45) is 3.09. The Morgan fingerprint density at radius 1 is 1.16 bits per heavy atom. The first-order valence-electron chi connectivity index (χ1n) is 7.01. The molecule has 2 nitrogen and oxygen atoms in total. The van der Waals surface area contributed by atoms with Gasteiger partial charge in [-0.3, -0.25) is 0 Å². The van der Waals surface area contributed by atoms with E-state index in [1.807, 2.05) is 12.1 Å². The van der Waals surface area contributed by atoms with E-state index in [1.54, 1.807) is 7.11 Å². The predicted molar refractivity (Wildman–Crippen MR) is 84.1 cm³/mol. The Hall–Kier alpha value is -1.22. The van der Waals surface area contributed by atoms with Crippen LogP contribution in [0.15, 0.2) is 36.1 Å². The van der Waals surface area contributed by atoms with Gasteiger partial charge in [-0.25, -0.2) is 0 Å². The van der Waals surface area contributed by atoms with E-state index in [9.17, 15) is 0 Å². The van der Waals surface area contributed by atoms with E-state index in [-0.39, 0.29) is 0 Å². The van der Waals surface area contributed by atoms with Gasteiger partial charge in [0, 0.05) is 0 Å². The molecule has 0 aromatic heterocycles. The summed E-state index contributed by atoms with van der Waals surface area (Å²) >= 11 is 0. The molecule has 0 fully saturated rings. The van der Waals surface area contributed by atoms with Crippen molar-refractivity contribution in [2.75, 3.05) is 7.11 Å². The van der Waals surface area contributed by atoms with Crippen molar-refractivity contribution in [2.45, 2.75) is 45.8 Å². The normalized spacial score (nSPS) is 12.4. The van der Waals surface area contributed by atoms with Gasteiger partial charge >= 0.3 is 0 Å². The molecule has 0 spiro atoms. The van der Waals surface area contributed by atoms with Gasteiger partial charge < -0.3 is 9.16 Å². The fourth-order valence-corrected chi connectivity index (χ4v) is 3.50. The third-order valence-corrected chi connectivity index (χ3v) is 7.49. The van der Waals surface area contributed by atoms with Crippen molar-refractivity contribution in [1.29, 1.82) is 0 Å². The molecule has 19 heavy (non-hydrogen) atoms. The first-order chi connectivity index (χ1) is 9.03. The minimum atomic E-state index is -1.50. The predicted octanol–water partition coefficient (Wildman–Crippen LogP) is 4.77. The maximum atomic E-state index is 6.18. The first kappa shape index (κ1) is 15.8. The highest BCUT2D eigenvalue weighted by atomic mass is 28.4. The molecule has 1 rings (SSSR count). The van der Waals surface area contributed by atoms with Crippen LogP contribution in [0.3, 0.4) is 0 Å². The molecule has 0 aliphatic heterocycles. The van der Waals surface area contributed by atoms with Crippen molar-refractivity contribution >= 4 is 8.32 Å². The smallest absolute Gasteiger partial charge is 0.247 e. The second-order valence-corrected chi connectivity index (χ2v) is 9.64. The zero-order valence-electron chi connectivity index (χ0n) is 12.8. The van der Waals surface area contributed by atoms with E-state index in [2.05, 4.69) is 45.5 Å². The average molecular weight is 278 g/mol. The second-order valence-electron chi connectivity index (χ2n) is 5.13. The fourth-order valence-electron chi connectivity index (χ4n) is 1.85. The SMILES string of the molecule is CC[Si](C)(CC)O/C(C)=C\Cc1ccc(OC)cc1. The van der Waals surface area contributed by atoms with Crippen LogP contribution in [0, 0.1) is 0 Å². The highest BCUT2D eigenvalue weighted by Gasteiger charge is 2.25. The molecule has 3 heteroatoms. The van der Waals surface area contributed by atoms with Crippen molar-refractivity contribution in [2.24, 2.45) is 0 Å². The summed E-state index contributed by atoms with van der Waals surface area (Å²) in [6, 6.07) is 10.5. The lowest BCUT2D eigenvalue weighted by Gasteiger charge is -2.26. The van der Waals surface area contributed by atoms with Crippen LogP contribution in [-0.2, 0) is 10.8 Å². The third-order valence-electron chi connectivity index (χ3n) is 3.69. The Labute approximate surface area is 118 Å². The van der Waals surface area contributed by atoms with Crippen LogP contribution in [0.1, 0.15) is 26.3 Å². The molecule has 1 aromatic rings. The van der Waals surface area contributed by atoms with Crippen LogP contribution in [0.25, 0.3) is 0 Å². The Balaban J connectivity index is 2.59. The number of methoxy groups -OCH3 is 1. The van der Waals surface area contributed by atoms with Crippen LogP contribution in [0.4, 0.5) is 0 Å². The topological polar surface area (TPSA) is 18.5 Å². The summed E-state index contributed by atoms with van der Waals surface area (Å²) < 4.78 is 11.3. The average Bonchev–Trinajstić information content (AvgIpc) is 2.45. The summed E-state index contributed by atoms with van der Waals surface area (Å²) in [5.74, 6) is 1.96. The van der Waals surface area contributed by atoms with Gasteiger partial charge in [0.25, 0.3) is 0 Å². The first-order valence-corrected chi connectivity index (χ1v) is 9.84. The minimum absolute atomic E-state index is 0.901. The quantitative estimate of drug-likeness (QED) is 0.528. The summed E-state index contributed by atoms with van der Waals surface area (Å²) in [5.41, 5.74) is 1.28. The standard InChI is InChI=1S/C16H26O2Si/c1-6-19(5,7-2)18-14(3)8-9-15-10-12-16(17-4)13-11-15/h8,10-13H,6-7,9H2,1-5H3/b14-8-. The van der Waals surface area contributed by atoms with E-state index < -0.39 is 8.32 Å². The Morgan fingerprint density at radius 2 is 1.74 bits per heavy atom. The molecule has 1 aromatic carbocycles. The fraction of sp³-hybridized carbons (Fsp3) is 0.500. The summed E-state index contributed by atoms with van der Waals surface area (Å²) in [5, 5.41) is 0. The lowest BCUT2D eigenvalue weighted by atomic mass is 10.1. The highest BCUT2D eigenvalue weighted by molar-refractivity contribution is 6.72. The van der Waals surface area contributed by atoms with Gasteiger partial charge in [-0.15, -0.1) is 0 Å². The summed E-state index contributed by atoms with van der Waals surface area (Å²) in [4.78, 5) is 0. The molecule has 0 aliphatic rings. The monoisotopic (exact) mass is 278 g/mol. The van der Waals surface area contributed by atoms with Crippen LogP contribution in [-0.4, -0.2) is 15.4 Å². The summed E-state index contributed by atoms with van der Waals surface area (Å²) in [6.45, 7) is 8.83. The largest absolute Gasteiger partial charge is 0.547 e. The second kappa shape index (κ2) is 7.39. The lowest BCUT2D eigenvalue weighted by Crippen LogP contribution is -2.31. The van der Waals surface area contributed by atoms with Crippen LogP contribution in [0.5, 0.6) is 5.75 Å². The maximum Gasteiger partial charge on any atom is 0.247 e. The van der Waals surface area contributed by atoms with Gasteiger partial charge in [-0.05, 0) is 55.8 Å². The number of rotatable bonds is 7. The highest BCUT2D eigenvalue weighted by Crippen LogP contribution is 2.20. The molecule has 0 bridgehead atoms. The Bertz CT molecular complexity index is 405. The van der Waals surface area contributed by atoms with Gasteiger partial charge in [-0.2, -0.15) is 0 Å². The number of benzene rings is 1. The van der Waals surface area contributed by atoms with Crippen LogP contribution >= 0.6 is 0 Å². The van der Waals surface area contributed by atoms with Crippen LogP contribution in [0.2, 0.25) is 18.6 Å². The van der Waals surface area contributed by atoms with Gasteiger partial charge in [0.05, 0.1) is 12.9 Å². The molecule has 0 saturated carbocycles. The van der Waals surface area contributed by atoms with E-state index in [0.717, 1.165) is 30.0 Å². The van der Waals surface area contributed by atoms with Crippen molar-refractivity contribution in [3.05, 3.63) is 41.7 Å². The van der Waals surface area contributed by atoms with Crippen molar-refractivity contribution in [1.82, 2.24) is 0 Å². The molecule has 0 saturated heterocycles. The Morgan fingerprint density at radius 3 is 2.21 bits per heavy atom. The van der Waals surface area contributed by atoms with E-state index >= 15 is 0 Å². The van der Waals surface area contributed by atoms with Crippen molar-refractivity contribution in [3.8, 4) is 5.75 Å². The zero-order valence-corrected chi connectivity index (χ0v) is 13.8. The maximum absolute atomic E-state index is 6.18. The van der Waals surface area contributed by atoms with E-state index in [0.29, 0.717) is 0 Å². The molecule has 0 atom stereocenters. The zero-order chi connectivity index (χ0) is 14.3. The molecular formula is C16H26O2Si. The summed E-state index contributed by atoms with van der Waals surface area (Å²) in [7, 11) is 0.187. The molecule has 0 heterocycles. The van der Waals surface area contributed by atoms with E-state index in [1.165, 1.54) is 5.56 Å². The van der Waals surface area contributed by atoms with Gasteiger partial charge in [0.2, 0.25) is 8.32 Å². The van der Waals surface area contributed by atoms with Crippen LogP contribution < -0.4 is 4.74 Å². The number of hydrogen-bond acceptors (Lipinski definition) is 2. The third kappa shape index (κ3) is 5.11. The molecule has 0 amide bonds. The molecule has 106 valence electrons. The van der Waals surface area contributed by atoms with Gasteiger partial charge in [-0.1, -0.05) is 26.0 Å². The van der Waals surface area contributed by atoms with Crippen molar-refractivity contribution in [3.63, 3.8) is 0 Å². The number of hydrogen-bond donors (Lipinski definition) is 0. The molecular weight excluding hydrogens is 252 g/mol. The minimum Gasteiger partial charge on any atom is -0.547 e. The van der Waals surface area contributed by atoms with Gasteiger partial charge in [0.15, 0.2) is 0 Å². The van der Waals surface area contributed by atoms with Crippen molar-refractivity contribution < 1.29 is 9.16 Å². The Kier molecular flexibility index (Phi) is 6.16. The number of allylic oxidation sites excluding steroid dienone is 2. The molecule has 0 aliphatic carbocycles. The van der Waals surface area contributed by atoms with Gasteiger partial charge in [0.1, 0.15) is 5.75 Å². The molecule has 0 N–H and O–H groups in total. The molecule has 0 radical (unpaired) electrons. The number of ether oxygens (including phenoxy) is 1.